The molecule has 0 saturated heterocycles. The van der Waals surface area contributed by atoms with Crippen LogP contribution in [-0.4, -0.2) is 24.4 Å². The van der Waals surface area contributed by atoms with Gasteiger partial charge in [-0.05, 0) is 12.8 Å². The molecule has 0 radical (unpaired) electrons. The molecule has 0 aromatic rings. The Balaban J connectivity index is -0.000000980. The van der Waals surface area contributed by atoms with Crippen LogP contribution in [0.4, 0.5) is 0 Å². The number of nitrogens with one attached hydrogen (secondary N) is 1. The van der Waals surface area contributed by atoms with Crippen LogP contribution in [0, 0.1) is 5.92 Å². The number of aliphatic carboxylic acids is 2. The predicted octanol–water partition coefficient (Wildman–Crippen LogP) is -8.58. The van der Waals surface area contributed by atoms with Crippen LogP contribution in [0.25, 0.3) is 0 Å². The summed E-state index contributed by atoms with van der Waals surface area (Å²) in [5.74, 6) is -5.00. The van der Waals surface area contributed by atoms with Crippen molar-refractivity contribution in [2.45, 2.75) is 26.2 Å². The first-order valence-corrected chi connectivity index (χ1v) is 4.61. The molecule has 0 bridgehead atoms. The van der Waals surface area contributed by atoms with Gasteiger partial charge in [-0.1, -0.05) is 6.42 Å². The Morgan fingerprint density at radius 2 is 1.53 bits per heavy atom. The molecule has 0 atom stereocenters. The molecule has 0 fully saturated rings. The second-order valence-corrected chi connectivity index (χ2v) is 3.17. The molecule has 86 valence electrons. The van der Waals surface area contributed by atoms with Crippen molar-refractivity contribution in [3.8, 4) is 0 Å². The van der Waals surface area contributed by atoms with E-state index in [9.17, 15) is 24.6 Å². The van der Waals surface area contributed by atoms with Gasteiger partial charge in [0.1, 0.15) is 0 Å². The molecule has 0 saturated carbocycles. The summed E-state index contributed by atoms with van der Waals surface area (Å²) in [5, 5.41) is 23.1. The second kappa shape index (κ2) is 12.9. The van der Waals surface area contributed by atoms with Crippen molar-refractivity contribution in [2.75, 3.05) is 6.54 Å². The van der Waals surface area contributed by atoms with Crippen molar-refractivity contribution in [3.05, 3.63) is 0 Å². The van der Waals surface area contributed by atoms with Crippen molar-refractivity contribution in [2.24, 2.45) is 5.92 Å². The molecule has 0 unspecified atom stereocenters. The van der Waals surface area contributed by atoms with E-state index in [4.69, 9.17) is 0 Å². The molecule has 0 aromatic carbocycles. The van der Waals surface area contributed by atoms with Crippen LogP contribution in [0.1, 0.15) is 26.2 Å². The molecule has 0 aliphatic carbocycles. The van der Waals surface area contributed by atoms with E-state index in [1.54, 1.807) is 0 Å². The summed E-state index contributed by atoms with van der Waals surface area (Å²) in [7, 11) is 0. The molecule has 0 rings (SSSR count). The van der Waals surface area contributed by atoms with Gasteiger partial charge in [0.25, 0.3) is 0 Å². The van der Waals surface area contributed by atoms with Crippen LogP contribution in [0.5, 0.6) is 0 Å². The third-order valence-electron chi connectivity index (χ3n) is 1.86. The van der Waals surface area contributed by atoms with Crippen LogP contribution in [0.3, 0.4) is 0 Å². The molecule has 1 amide bonds. The van der Waals surface area contributed by atoms with Gasteiger partial charge in [-0.2, -0.15) is 0 Å². The smallest absolute Gasteiger partial charge is 0.549 e. The predicted molar refractivity (Wildman–Crippen MR) is 46.0 cm³/mol. The zero-order chi connectivity index (χ0) is 11.8. The fraction of sp³-hybridized carbons (Fsp3) is 0.667. The van der Waals surface area contributed by atoms with E-state index in [1.807, 2.05) is 0 Å². The number of carboxylic acid groups (broad SMARTS) is 2. The van der Waals surface area contributed by atoms with E-state index in [1.165, 1.54) is 6.92 Å². The molecule has 0 heterocycles. The molecular formula is C9H13NNa2O5. The number of amides is 1. The maximum absolute atomic E-state index is 10.4. The van der Waals surface area contributed by atoms with Gasteiger partial charge in [0.2, 0.25) is 5.91 Å². The maximum Gasteiger partial charge on any atom is 1.00 e. The molecule has 8 heteroatoms. The van der Waals surface area contributed by atoms with Crippen molar-refractivity contribution in [1.82, 2.24) is 5.32 Å². The normalized spacial score (nSPS) is 8.82. The Labute approximate surface area is 144 Å². The van der Waals surface area contributed by atoms with Gasteiger partial charge in [-0.15, -0.1) is 0 Å². The van der Waals surface area contributed by atoms with Crippen LogP contribution in [-0.2, 0) is 14.4 Å². The van der Waals surface area contributed by atoms with Gasteiger partial charge in [-0.3, -0.25) is 4.79 Å². The van der Waals surface area contributed by atoms with Gasteiger partial charge in [0.05, 0.1) is 11.9 Å². The molecule has 0 aliphatic rings. The Kier molecular flexibility index (Phi) is 17.1. The van der Waals surface area contributed by atoms with Crippen LogP contribution in [0.2, 0.25) is 0 Å². The summed E-state index contributed by atoms with van der Waals surface area (Å²) in [4.78, 5) is 31.1. The Morgan fingerprint density at radius 3 is 1.88 bits per heavy atom. The largest absolute Gasteiger partial charge is 1.00 e. The quantitative estimate of drug-likeness (QED) is 0.278. The second-order valence-electron chi connectivity index (χ2n) is 3.17. The molecule has 0 spiro atoms. The minimum atomic E-state index is -1.63. The molecule has 1 N–H and O–H groups in total. The first-order chi connectivity index (χ1) is 6.95. The van der Waals surface area contributed by atoms with Gasteiger partial charge in [0.15, 0.2) is 0 Å². The number of carbonyl (C=O) groups is 3. The number of carbonyl (C=O) groups excluding carboxylic acids is 3. The summed E-state index contributed by atoms with van der Waals surface area (Å²) in [6.45, 7) is 1.77. The van der Waals surface area contributed by atoms with E-state index in [2.05, 4.69) is 5.32 Å². The summed E-state index contributed by atoms with van der Waals surface area (Å²) < 4.78 is 0. The minimum Gasteiger partial charge on any atom is -0.549 e. The summed E-state index contributed by atoms with van der Waals surface area (Å²) >= 11 is 0. The van der Waals surface area contributed by atoms with E-state index in [0.717, 1.165) is 0 Å². The zero-order valence-corrected chi connectivity index (χ0v) is 14.4. The van der Waals surface area contributed by atoms with Crippen LogP contribution < -0.4 is 74.6 Å². The SMILES string of the molecule is CC(=O)NCCCCC(C(=O)[O-])C(=O)[O-].[Na+].[Na+]. The van der Waals surface area contributed by atoms with Gasteiger partial charge in [0, 0.05) is 19.4 Å². The average molecular weight is 261 g/mol. The van der Waals surface area contributed by atoms with Crippen molar-refractivity contribution in [1.29, 1.82) is 0 Å². The number of unbranched alkanes of at least 4 members (excludes halogenated alkanes) is 1. The van der Waals surface area contributed by atoms with Crippen molar-refractivity contribution < 1.29 is 83.7 Å². The summed E-state index contributed by atoms with van der Waals surface area (Å²) in [5.41, 5.74) is 0. The maximum atomic E-state index is 10.4. The zero-order valence-electron chi connectivity index (χ0n) is 10.4. The molecule has 6 nitrogen and oxygen atoms in total. The summed E-state index contributed by atoms with van der Waals surface area (Å²) in [6.07, 6.45) is 0.869. The summed E-state index contributed by atoms with van der Waals surface area (Å²) in [6, 6.07) is 0. The molecule has 0 aromatic heterocycles. The van der Waals surface area contributed by atoms with Gasteiger partial charge < -0.3 is 25.1 Å². The number of hydrogen-bond acceptors (Lipinski definition) is 5. The monoisotopic (exact) mass is 261 g/mol. The molecule has 17 heavy (non-hydrogen) atoms. The van der Waals surface area contributed by atoms with Gasteiger partial charge in [-0.25, -0.2) is 0 Å². The minimum absolute atomic E-state index is 0. The first-order valence-electron chi connectivity index (χ1n) is 4.61. The Morgan fingerprint density at radius 1 is 1.06 bits per heavy atom. The van der Waals surface area contributed by atoms with Crippen molar-refractivity contribution >= 4 is 17.8 Å². The first kappa shape index (κ1) is 22.6. The third-order valence-corrected chi connectivity index (χ3v) is 1.86. The average Bonchev–Trinajstić information content (AvgIpc) is 2.08. The third kappa shape index (κ3) is 12.7. The van der Waals surface area contributed by atoms with E-state index < -0.39 is 17.9 Å². The standard InChI is InChI=1S/C9H15NO5.2Na/c1-6(11)10-5-3-2-4-7(8(12)13)9(14)15;;/h7H,2-5H2,1H3,(H,10,11)(H,12,13)(H,14,15);;/q;2*+1/p-2. The number of rotatable bonds is 7. The van der Waals surface area contributed by atoms with E-state index in [0.29, 0.717) is 19.4 Å². The molecule has 0 aliphatic heterocycles. The fourth-order valence-electron chi connectivity index (χ4n) is 1.07. The van der Waals surface area contributed by atoms with Crippen molar-refractivity contribution in [3.63, 3.8) is 0 Å². The van der Waals surface area contributed by atoms with E-state index >= 15 is 0 Å². The number of carboxylic acids is 2. The number of hydrogen-bond donors (Lipinski definition) is 1. The molecular weight excluding hydrogens is 248 g/mol. The Hall–Kier alpha value is 0.410. The van der Waals surface area contributed by atoms with Gasteiger partial charge >= 0.3 is 59.1 Å². The fourth-order valence-corrected chi connectivity index (χ4v) is 1.07. The Bertz CT molecular complexity index is 246. The van der Waals surface area contributed by atoms with Crippen LogP contribution >= 0.6 is 0 Å². The topological polar surface area (TPSA) is 109 Å². The van der Waals surface area contributed by atoms with E-state index in [-0.39, 0.29) is 71.4 Å². The van der Waals surface area contributed by atoms with Crippen LogP contribution in [0.15, 0.2) is 0 Å².